The zero-order valence-electron chi connectivity index (χ0n) is 16.1. The van der Waals surface area contributed by atoms with Crippen LogP contribution in [0.2, 0.25) is 0 Å². The average Bonchev–Trinajstić information content (AvgIpc) is 2.95. The molecule has 154 valence electrons. The lowest BCUT2D eigenvalue weighted by atomic mass is 9.96. The van der Waals surface area contributed by atoms with Gasteiger partial charge in [-0.2, -0.15) is 0 Å². The second-order valence-electron chi connectivity index (χ2n) is 7.79. The Bertz CT molecular complexity index is 801. The number of nitrogens with one attached hydrogen (secondary N) is 3. The molecule has 1 saturated heterocycles. The molecule has 3 rings (SSSR count). The summed E-state index contributed by atoms with van der Waals surface area (Å²) in [5, 5.41) is 8.49. The number of benzene rings is 1. The summed E-state index contributed by atoms with van der Waals surface area (Å²) in [6.45, 7) is 0. The van der Waals surface area contributed by atoms with Gasteiger partial charge in [0.2, 0.25) is 0 Å². The maximum absolute atomic E-state index is 12.6. The van der Waals surface area contributed by atoms with Gasteiger partial charge in [-0.3, -0.25) is 4.79 Å². The minimum Gasteiger partial charge on any atom is -0.349 e. The minimum absolute atomic E-state index is 0.0236. The molecule has 0 radical (unpaired) electrons. The van der Waals surface area contributed by atoms with E-state index in [2.05, 4.69) is 16.0 Å². The van der Waals surface area contributed by atoms with Crippen molar-refractivity contribution in [3.05, 3.63) is 29.8 Å². The summed E-state index contributed by atoms with van der Waals surface area (Å²) in [5.74, 6) is -0.0459. The number of amides is 3. The van der Waals surface area contributed by atoms with Crippen LogP contribution in [-0.4, -0.2) is 43.9 Å². The third kappa shape index (κ3) is 6.22. The van der Waals surface area contributed by atoms with Gasteiger partial charge in [-0.25, -0.2) is 13.2 Å². The fraction of sp³-hybridized carbons (Fsp3) is 0.600. The van der Waals surface area contributed by atoms with E-state index in [1.54, 1.807) is 24.3 Å². The Hall–Kier alpha value is -2.09. The topological polar surface area (TPSA) is 104 Å². The van der Waals surface area contributed by atoms with Gasteiger partial charge in [0.25, 0.3) is 5.91 Å². The van der Waals surface area contributed by atoms with Gasteiger partial charge in [0.1, 0.15) is 0 Å². The Balaban J connectivity index is 1.54. The van der Waals surface area contributed by atoms with Gasteiger partial charge >= 0.3 is 6.03 Å². The van der Waals surface area contributed by atoms with E-state index in [9.17, 15) is 18.0 Å². The molecule has 28 heavy (non-hydrogen) atoms. The Kier molecular flexibility index (Phi) is 6.93. The second kappa shape index (κ2) is 9.41. The van der Waals surface area contributed by atoms with E-state index in [0.717, 1.165) is 25.7 Å². The first-order valence-corrected chi connectivity index (χ1v) is 11.9. The Morgan fingerprint density at radius 1 is 0.893 bits per heavy atom. The van der Waals surface area contributed by atoms with Gasteiger partial charge < -0.3 is 16.0 Å². The number of sulfone groups is 1. The van der Waals surface area contributed by atoms with Crippen molar-refractivity contribution in [1.82, 2.24) is 10.6 Å². The van der Waals surface area contributed by atoms with Crippen molar-refractivity contribution < 1.29 is 18.0 Å². The van der Waals surface area contributed by atoms with Crippen molar-refractivity contribution in [3.63, 3.8) is 0 Å². The van der Waals surface area contributed by atoms with E-state index in [1.807, 2.05) is 0 Å². The minimum atomic E-state index is -3.05. The van der Waals surface area contributed by atoms with Crippen LogP contribution >= 0.6 is 0 Å². The van der Waals surface area contributed by atoms with Crippen LogP contribution in [0.25, 0.3) is 0 Å². The maximum Gasteiger partial charge on any atom is 0.319 e. The molecule has 1 aliphatic carbocycles. The van der Waals surface area contributed by atoms with Crippen LogP contribution in [0, 0.1) is 0 Å². The molecule has 3 N–H and O–H groups in total. The highest BCUT2D eigenvalue weighted by molar-refractivity contribution is 7.91. The van der Waals surface area contributed by atoms with Crippen LogP contribution in [0.4, 0.5) is 10.5 Å². The van der Waals surface area contributed by atoms with Gasteiger partial charge in [0.05, 0.1) is 11.5 Å². The van der Waals surface area contributed by atoms with Crippen LogP contribution in [0.3, 0.4) is 0 Å². The summed E-state index contributed by atoms with van der Waals surface area (Å²) in [4.78, 5) is 24.7. The van der Waals surface area contributed by atoms with Crippen molar-refractivity contribution in [2.45, 2.75) is 63.5 Å². The average molecular weight is 408 g/mol. The monoisotopic (exact) mass is 407 g/mol. The zero-order valence-corrected chi connectivity index (χ0v) is 16.9. The van der Waals surface area contributed by atoms with Crippen molar-refractivity contribution in [1.29, 1.82) is 0 Å². The van der Waals surface area contributed by atoms with Crippen molar-refractivity contribution in [2.75, 3.05) is 16.8 Å². The Labute approximate surface area is 166 Å². The first-order valence-electron chi connectivity index (χ1n) is 10.1. The van der Waals surface area contributed by atoms with Crippen LogP contribution in [0.1, 0.15) is 61.7 Å². The molecule has 2 aliphatic rings. The highest BCUT2D eigenvalue weighted by Gasteiger charge is 2.28. The van der Waals surface area contributed by atoms with Gasteiger partial charge in [0, 0.05) is 23.3 Å². The van der Waals surface area contributed by atoms with Crippen LogP contribution in [-0.2, 0) is 9.84 Å². The first kappa shape index (κ1) is 20.6. The molecule has 7 nitrogen and oxygen atoms in total. The highest BCUT2D eigenvalue weighted by Crippen LogP contribution is 2.18. The van der Waals surface area contributed by atoms with Crippen molar-refractivity contribution in [2.24, 2.45) is 0 Å². The van der Waals surface area contributed by atoms with E-state index in [-0.39, 0.29) is 29.5 Å². The predicted molar refractivity (Wildman–Crippen MR) is 109 cm³/mol. The number of hydrogen-bond donors (Lipinski definition) is 3. The molecule has 1 heterocycles. The molecule has 1 atom stereocenters. The SMILES string of the molecule is O=C(Nc1cccc(C(=O)NC2CCCCCCC2)c1)NC1CCS(=O)(=O)C1. The van der Waals surface area contributed by atoms with Crippen molar-refractivity contribution >= 4 is 27.5 Å². The molecule has 1 unspecified atom stereocenters. The quantitative estimate of drug-likeness (QED) is 0.714. The van der Waals surface area contributed by atoms with E-state index < -0.39 is 15.9 Å². The molecule has 3 amide bonds. The molecule has 1 saturated carbocycles. The summed E-state index contributed by atoms with van der Waals surface area (Å²) in [6, 6.07) is 6.18. The molecular weight excluding hydrogens is 378 g/mol. The fourth-order valence-corrected chi connectivity index (χ4v) is 5.54. The molecular formula is C20H29N3O4S. The summed E-state index contributed by atoms with van der Waals surface area (Å²) in [5.41, 5.74) is 1.01. The highest BCUT2D eigenvalue weighted by atomic mass is 32.2. The smallest absolute Gasteiger partial charge is 0.319 e. The number of anilines is 1. The molecule has 1 aliphatic heterocycles. The van der Waals surface area contributed by atoms with Gasteiger partial charge in [-0.05, 0) is 37.5 Å². The van der Waals surface area contributed by atoms with E-state index in [4.69, 9.17) is 0 Å². The van der Waals surface area contributed by atoms with Gasteiger partial charge in [-0.1, -0.05) is 38.2 Å². The zero-order chi connectivity index (χ0) is 20.0. The lowest BCUT2D eigenvalue weighted by molar-refractivity contribution is 0.0930. The molecule has 1 aromatic carbocycles. The maximum atomic E-state index is 12.6. The molecule has 0 spiro atoms. The van der Waals surface area contributed by atoms with Gasteiger partial charge in [-0.15, -0.1) is 0 Å². The number of rotatable bonds is 4. The van der Waals surface area contributed by atoms with E-state index >= 15 is 0 Å². The third-order valence-corrected chi connectivity index (χ3v) is 7.16. The Morgan fingerprint density at radius 2 is 1.61 bits per heavy atom. The standard InChI is InChI=1S/C20H29N3O4S/c24-19(21-16-8-4-2-1-3-5-9-16)15-7-6-10-17(13-15)22-20(25)23-18-11-12-28(26,27)14-18/h6-7,10,13,16,18H,1-5,8-9,11-12,14H2,(H,21,24)(H2,22,23,25). The summed E-state index contributed by atoms with van der Waals surface area (Å²) in [6.07, 6.45) is 8.47. The molecule has 0 bridgehead atoms. The van der Waals surface area contributed by atoms with Crippen LogP contribution in [0.15, 0.2) is 24.3 Å². The van der Waals surface area contributed by atoms with Gasteiger partial charge in [0.15, 0.2) is 9.84 Å². The van der Waals surface area contributed by atoms with Crippen LogP contribution < -0.4 is 16.0 Å². The summed E-state index contributed by atoms with van der Waals surface area (Å²) >= 11 is 0. The van der Waals surface area contributed by atoms with E-state index in [0.29, 0.717) is 17.7 Å². The second-order valence-corrected chi connectivity index (χ2v) is 10.0. The lowest BCUT2D eigenvalue weighted by Crippen LogP contribution is -2.38. The predicted octanol–water partition coefficient (Wildman–Crippen LogP) is 2.84. The van der Waals surface area contributed by atoms with Crippen LogP contribution in [0.5, 0.6) is 0 Å². The first-order chi connectivity index (χ1) is 13.4. The number of hydrogen-bond acceptors (Lipinski definition) is 4. The number of urea groups is 1. The third-order valence-electron chi connectivity index (χ3n) is 5.39. The Morgan fingerprint density at radius 3 is 2.29 bits per heavy atom. The van der Waals surface area contributed by atoms with E-state index in [1.165, 1.54) is 19.3 Å². The summed E-state index contributed by atoms with van der Waals surface area (Å²) < 4.78 is 23.0. The molecule has 8 heteroatoms. The number of carbonyl (C=O) groups is 2. The lowest BCUT2D eigenvalue weighted by Gasteiger charge is -2.21. The largest absolute Gasteiger partial charge is 0.349 e. The molecule has 2 fully saturated rings. The normalized spacial score (nSPS) is 22.6. The summed E-state index contributed by atoms with van der Waals surface area (Å²) in [7, 11) is -3.05. The molecule has 0 aromatic heterocycles. The molecule has 1 aromatic rings. The number of carbonyl (C=O) groups excluding carboxylic acids is 2. The van der Waals surface area contributed by atoms with Crippen molar-refractivity contribution in [3.8, 4) is 0 Å². The fourth-order valence-electron chi connectivity index (χ4n) is 3.87.